The van der Waals surface area contributed by atoms with E-state index in [-0.39, 0.29) is 0 Å². The van der Waals surface area contributed by atoms with Crippen LogP contribution in [0.3, 0.4) is 0 Å². The van der Waals surface area contributed by atoms with Crippen molar-refractivity contribution in [1.29, 1.82) is 0 Å². The molecule has 0 heterocycles. The van der Waals surface area contributed by atoms with Gasteiger partial charge in [-0.25, -0.2) is 9.59 Å². The highest BCUT2D eigenvalue weighted by atomic mass is 35.5. The van der Waals surface area contributed by atoms with E-state index in [1.807, 2.05) is 0 Å². The normalized spacial score (nSPS) is 11.5. The van der Waals surface area contributed by atoms with Gasteiger partial charge in [0.15, 0.2) is 0 Å². The quantitative estimate of drug-likeness (QED) is 0.650. The molecule has 0 fully saturated rings. The molecule has 0 radical (unpaired) electrons. The van der Waals surface area contributed by atoms with Crippen LogP contribution in [-0.4, -0.2) is 29.1 Å². The summed E-state index contributed by atoms with van der Waals surface area (Å²) in [6, 6.07) is 2.75. The summed E-state index contributed by atoms with van der Waals surface area (Å²) >= 11 is 5.80. The maximum absolute atomic E-state index is 11.7. The van der Waals surface area contributed by atoms with Crippen LogP contribution in [0.15, 0.2) is 18.2 Å². The van der Waals surface area contributed by atoms with Crippen molar-refractivity contribution in [3.05, 3.63) is 28.8 Å². The smallest absolute Gasteiger partial charge is 0.326 e. The lowest BCUT2D eigenvalue weighted by Crippen LogP contribution is -2.45. The van der Waals surface area contributed by atoms with E-state index in [0.717, 1.165) is 5.56 Å². The highest BCUT2D eigenvalue weighted by Crippen LogP contribution is 2.19. The van der Waals surface area contributed by atoms with E-state index in [1.165, 1.54) is 6.07 Å². The summed E-state index contributed by atoms with van der Waals surface area (Å²) in [5.41, 5.74) is 6.11. The number of nitrogens with one attached hydrogen (secondary N) is 2. The third kappa shape index (κ3) is 4.77. The second kappa shape index (κ2) is 6.76. The Morgan fingerprint density at radius 3 is 2.60 bits per heavy atom. The standard InChI is InChI=1S/C12H14ClN3O4/c1-6-2-3-7(13)4-8(6)15-12(20)16-9(11(18)19)5-10(14)17/h2-4,9H,5H2,1H3,(H2,14,17)(H,18,19)(H2,15,16,20)/t9-/m1/s1. The number of aryl methyl sites for hydroxylation is 1. The SMILES string of the molecule is Cc1ccc(Cl)cc1NC(=O)N[C@H](CC(N)=O)C(=O)O. The molecule has 0 saturated heterocycles. The van der Waals surface area contributed by atoms with Crippen molar-refractivity contribution in [3.63, 3.8) is 0 Å². The number of anilines is 1. The number of aliphatic carboxylic acids is 1. The maximum atomic E-state index is 11.7. The summed E-state index contributed by atoms with van der Waals surface area (Å²) in [4.78, 5) is 33.3. The van der Waals surface area contributed by atoms with Crippen LogP contribution in [0.2, 0.25) is 5.02 Å². The van der Waals surface area contributed by atoms with Crippen molar-refractivity contribution in [1.82, 2.24) is 5.32 Å². The van der Waals surface area contributed by atoms with Crippen LogP contribution in [-0.2, 0) is 9.59 Å². The number of rotatable bonds is 5. The van der Waals surface area contributed by atoms with Crippen LogP contribution in [0.1, 0.15) is 12.0 Å². The molecule has 0 aliphatic heterocycles. The number of amides is 3. The molecular weight excluding hydrogens is 286 g/mol. The molecule has 7 nitrogen and oxygen atoms in total. The van der Waals surface area contributed by atoms with Gasteiger partial charge in [0.25, 0.3) is 0 Å². The van der Waals surface area contributed by atoms with Gasteiger partial charge in [0.05, 0.1) is 6.42 Å². The van der Waals surface area contributed by atoms with Crippen LogP contribution in [0.4, 0.5) is 10.5 Å². The van der Waals surface area contributed by atoms with Gasteiger partial charge in [-0.15, -0.1) is 0 Å². The number of halogens is 1. The van der Waals surface area contributed by atoms with Crippen molar-refractivity contribution in [2.75, 3.05) is 5.32 Å². The minimum absolute atomic E-state index is 0.429. The minimum Gasteiger partial charge on any atom is -0.480 e. The summed E-state index contributed by atoms with van der Waals surface area (Å²) in [7, 11) is 0. The number of carbonyl (C=O) groups is 3. The minimum atomic E-state index is -1.38. The monoisotopic (exact) mass is 299 g/mol. The number of carboxylic acid groups (broad SMARTS) is 1. The largest absolute Gasteiger partial charge is 0.480 e. The molecule has 20 heavy (non-hydrogen) atoms. The van der Waals surface area contributed by atoms with E-state index in [1.54, 1.807) is 19.1 Å². The fourth-order valence-corrected chi connectivity index (χ4v) is 1.62. The molecule has 0 spiro atoms. The topological polar surface area (TPSA) is 122 Å². The van der Waals surface area contributed by atoms with Gasteiger partial charge in [0, 0.05) is 10.7 Å². The third-order valence-electron chi connectivity index (χ3n) is 2.46. The molecule has 1 atom stereocenters. The second-order valence-corrected chi connectivity index (χ2v) is 4.56. The van der Waals surface area contributed by atoms with Gasteiger partial charge < -0.3 is 21.5 Å². The average Bonchev–Trinajstić information content (AvgIpc) is 2.32. The van der Waals surface area contributed by atoms with Gasteiger partial charge in [-0.05, 0) is 24.6 Å². The Balaban J connectivity index is 2.72. The van der Waals surface area contributed by atoms with Crippen LogP contribution in [0.5, 0.6) is 0 Å². The number of urea groups is 1. The molecule has 0 bridgehead atoms. The van der Waals surface area contributed by atoms with Crippen molar-refractivity contribution < 1.29 is 19.5 Å². The number of nitrogens with two attached hydrogens (primary N) is 1. The summed E-state index contributed by atoms with van der Waals surface area (Å²) in [6.45, 7) is 1.75. The van der Waals surface area contributed by atoms with Crippen LogP contribution >= 0.6 is 11.6 Å². The summed E-state index contributed by atoms with van der Waals surface area (Å²) in [5, 5.41) is 13.9. The number of benzene rings is 1. The Morgan fingerprint density at radius 1 is 1.40 bits per heavy atom. The maximum Gasteiger partial charge on any atom is 0.326 e. The summed E-state index contributed by atoms with van der Waals surface area (Å²) < 4.78 is 0. The van der Waals surface area contributed by atoms with E-state index in [4.69, 9.17) is 22.4 Å². The van der Waals surface area contributed by atoms with Crippen molar-refractivity contribution in [2.45, 2.75) is 19.4 Å². The molecule has 0 aliphatic carbocycles. The van der Waals surface area contributed by atoms with Gasteiger partial charge >= 0.3 is 12.0 Å². The molecule has 0 saturated carbocycles. The number of carbonyl (C=O) groups excluding carboxylic acids is 2. The van der Waals surface area contributed by atoms with Gasteiger partial charge in [0.1, 0.15) is 6.04 Å². The fourth-order valence-electron chi connectivity index (χ4n) is 1.45. The molecule has 108 valence electrons. The molecule has 3 amide bonds. The molecule has 1 rings (SSSR count). The van der Waals surface area contributed by atoms with Crippen LogP contribution in [0, 0.1) is 6.92 Å². The zero-order valence-electron chi connectivity index (χ0n) is 10.6. The van der Waals surface area contributed by atoms with E-state index in [9.17, 15) is 14.4 Å². The van der Waals surface area contributed by atoms with E-state index >= 15 is 0 Å². The van der Waals surface area contributed by atoms with Gasteiger partial charge in [-0.2, -0.15) is 0 Å². The molecule has 0 unspecified atom stereocenters. The Morgan fingerprint density at radius 2 is 2.05 bits per heavy atom. The van der Waals surface area contributed by atoms with Crippen molar-refractivity contribution in [2.24, 2.45) is 5.73 Å². The Labute approximate surface area is 120 Å². The van der Waals surface area contributed by atoms with E-state index in [0.29, 0.717) is 10.7 Å². The van der Waals surface area contributed by atoms with Crippen molar-refractivity contribution >= 4 is 35.2 Å². The van der Waals surface area contributed by atoms with Gasteiger partial charge in [-0.1, -0.05) is 17.7 Å². The molecule has 1 aromatic rings. The van der Waals surface area contributed by atoms with E-state index in [2.05, 4.69) is 10.6 Å². The lowest BCUT2D eigenvalue weighted by Gasteiger charge is -2.14. The lowest BCUT2D eigenvalue weighted by molar-refractivity contribution is -0.140. The Bertz CT molecular complexity index is 548. The number of hydrogen-bond acceptors (Lipinski definition) is 3. The Kier molecular flexibility index (Phi) is 5.33. The Hall–Kier alpha value is -2.28. The first-order valence-corrected chi connectivity index (χ1v) is 6.02. The zero-order valence-corrected chi connectivity index (χ0v) is 11.4. The lowest BCUT2D eigenvalue weighted by atomic mass is 10.2. The summed E-state index contributed by atoms with van der Waals surface area (Å²) in [6.07, 6.45) is -0.489. The molecular formula is C12H14ClN3O4. The predicted octanol–water partition coefficient (Wildman–Crippen LogP) is 1.10. The number of hydrogen-bond donors (Lipinski definition) is 4. The number of carboxylic acids is 1. The van der Waals surface area contributed by atoms with E-state index < -0.39 is 30.4 Å². The first kappa shape index (κ1) is 15.8. The molecule has 0 aliphatic rings. The predicted molar refractivity (Wildman–Crippen MR) is 73.6 cm³/mol. The van der Waals surface area contributed by atoms with Crippen LogP contribution < -0.4 is 16.4 Å². The molecule has 0 aromatic heterocycles. The molecule has 1 aromatic carbocycles. The highest BCUT2D eigenvalue weighted by molar-refractivity contribution is 6.31. The van der Waals surface area contributed by atoms with Crippen LogP contribution in [0.25, 0.3) is 0 Å². The van der Waals surface area contributed by atoms with Gasteiger partial charge in [0.2, 0.25) is 5.91 Å². The molecule has 5 N–H and O–H groups in total. The van der Waals surface area contributed by atoms with Crippen molar-refractivity contribution in [3.8, 4) is 0 Å². The highest BCUT2D eigenvalue weighted by Gasteiger charge is 2.22. The average molecular weight is 300 g/mol. The zero-order chi connectivity index (χ0) is 15.3. The number of primary amides is 1. The fraction of sp³-hybridized carbons (Fsp3) is 0.250. The summed E-state index contributed by atoms with van der Waals surface area (Å²) in [5.74, 6) is -2.17. The third-order valence-corrected chi connectivity index (χ3v) is 2.69. The second-order valence-electron chi connectivity index (χ2n) is 4.12. The molecule has 8 heteroatoms. The van der Waals surface area contributed by atoms with Gasteiger partial charge in [-0.3, -0.25) is 4.79 Å². The first-order valence-electron chi connectivity index (χ1n) is 5.64. The first-order chi connectivity index (χ1) is 9.29.